The molecule has 0 N–H and O–H groups in total. The van der Waals surface area contributed by atoms with Gasteiger partial charge in [0.25, 0.3) is 5.69 Å². The summed E-state index contributed by atoms with van der Waals surface area (Å²) in [7, 11) is 0. The smallest absolute Gasteiger partial charge is 0.272 e. The zero-order valence-electron chi connectivity index (χ0n) is 9.49. The second kappa shape index (κ2) is 7.94. The summed E-state index contributed by atoms with van der Waals surface area (Å²) in [4.78, 5) is 10.3. The van der Waals surface area contributed by atoms with Gasteiger partial charge in [0.05, 0.1) is 4.92 Å². The van der Waals surface area contributed by atoms with Gasteiger partial charge in [0.1, 0.15) is 0 Å². The summed E-state index contributed by atoms with van der Waals surface area (Å²) >= 11 is 0. The zero-order valence-corrected chi connectivity index (χ0v) is 12.3. The average Bonchev–Trinajstić information content (AvgIpc) is 2.16. The van der Waals surface area contributed by atoms with Crippen molar-refractivity contribution in [3.8, 4) is 0 Å². The van der Waals surface area contributed by atoms with E-state index in [1.807, 2.05) is 26.0 Å². The van der Waals surface area contributed by atoms with Gasteiger partial charge in [-0.3, -0.25) is 10.1 Å². The van der Waals surface area contributed by atoms with Crippen molar-refractivity contribution >= 4 is 5.69 Å². The summed E-state index contributed by atoms with van der Waals surface area (Å²) < 4.78 is 0. The first-order valence-electron chi connectivity index (χ1n) is 4.45. The van der Waals surface area contributed by atoms with Crippen molar-refractivity contribution in [2.45, 2.75) is 26.7 Å². The summed E-state index contributed by atoms with van der Waals surface area (Å²) in [5, 5.41) is 10.6. The van der Waals surface area contributed by atoms with E-state index in [0.29, 0.717) is 6.42 Å². The summed E-state index contributed by atoms with van der Waals surface area (Å²) in [6.45, 7) is 3.97. The maximum absolute atomic E-state index is 10.6. The number of nitro groups is 1. The number of aryl methyl sites for hydroxylation is 2. The van der Waals surface area contributed by atoms with Gasteiger partial charge in [-0.05, 0) is 24.5 Å². The number of hydrogen-bond acceptors (Lipinski definition) is 2. The Kier molecular flexibility index (Phi) is 9.07. The van der Waals surface area contributed by atoms with E-state index in [-0.39, 0.29) is 50.7 Å². The molecule has 4 heteroatoms. The van der Waals surface area contributed by atoms with Gasteiger partial charge in [0, 0.05) is 44.3 Å². The molecule has 0 saturated carbocycles. The van der Waals surface area contributed by atoms with Crippen LogP contribution in [0.2, 0.25) is 0 Å². The Morgan fingerprint density at radius 2 is 1.87 bits per heavy atom. The first kappa shape index (κ1) is 17.1. The first-order valence-corrected chi connectivity index (χ1v) is 4.45. The van der Waals surface area contributed by atoms with E-state index in [2.05, 4.69) is 0 Å². The molecule has 0 unspecified atom stereocenters. The van der Waals surface area contributed by atoms with Gasteiger partial charge in [-0.15, -0.1) is 0 Å². The normalized spacial score (nSPS) is 8.67. The zero-order chi connectivity index (χ0) is 9.84. The Hall–Kier alpha value is -0.276. The second-order valence-electron chi connectivity index (χ2n) is 2.93. The molecule has 0 fully saturated rings. The van der Waals surface area contributed by atoms with Crippen molar-refractivity contribution in [1.82, 2.24) is 0 Å². The van der Waals surface area contributed by atoms with Gasteiger partial charge in [0.15, 0.2) is 0 Å². The molecule has 0 aliphatic rings. The number of hydrogen-bond donors (Lipinski definition) is 0. The van der Waals surface area contributed by atoms with Crippen LogP contribution in [0.1, 0.15) is 25.0 Å². The minimum atomic E-state index is -0.321. The molecule has 0 atom stereocenters. The van der Waals surface area contributed by atoms with Crippen LogP contribution in [0.15, 0.2) is 18.2 Å². The number of nitrogens with zero attached hydrogens (tertiary/aromatic N) is 1. The van der Waals surface area contributed by atoms with Crippen LogP contribution in [0.4, 0.5) is 5.69 Å². The van der Waals surface area contributed by atoms with Crippen LogP contribution < -0.4 is 0 Å². The summed E-state index contributed by atoms with van der Waals surface area (Å²) in [6, 6.07) is 5.33. The number of benzene rings is 1. The molecule has 0 heterocycles. The predicted molar refractivity (Wildman–Crippen MR) is 58.3 cm³/mol. The third-order valence-electron chi connectivity index (χ3n) is 2.13. The van der Waals surface area contributed by atoms with Gasteiger partial charge < -0.3 is 7.43 Å². The van der Waals surface area contributed by atoms with E-state index in [1.165, 1.54) is 0 Å². The van der Waals surface area contributed by atoms with Crippen LogP contribution in [0, 0.1) is 17.5 Å². The van der Waals surface area contributed by atoms with Crippen LogP contribution in [0.25, 0.3) is 0 Å². The molecule has 1 aromatic rings. The van der Waals surface area contributed by atoms with Crippen molar-refractivity contribution in [3.63, 3.8) is 0 Å². The summed E-state index contributed by atoms with van der Waals surface area (Å²) in [6.07, 6.45) is 1.63. The molecular formula is C11H16NO2Y-. The molecule has 3 nitrogen and oxygen atoms in total. The third-order valence-corrected chi connectivity index (χ3v) is 2.13. The van der Waals surface area contributed by atoms with Crippen molar-refractivity contribution < 1.29 is 37.6 Å². The molecule has 0 amide bonds. The van der Waals surface area contributed by atoms with E-state index in [0.717, 1.165) is 17.5 Å². The molecule has 0 aliphatic heterocycles. The molecule has 1 radical (unpaired) electrons. The predicted octanol–water partition coefficient (Wildman–Crippen LogP) is 3.17. The molecule has 15 heavy (non-hydrogen) atoms. The fourth-order valence-corrected chi connectivity index (χ4v) is 1.32. The average molecular weight is 283 g/mol. The van der Waals surface area contributed by atoms with Crippen molar-refractivity contribution in [2.75, 3.05) is 0 Å². The Morgan fingerprint density at radius 3 is 2.27 bits per heavy atom. The van der Waals surface area contributed by atoms with Crippen LogP contribution >= 0.6 is 0 Å². The largest absolute Gasteiger partial charge is 0.358 e. The van der Waals surface area contributed by atoms with E-state index in [4.69, 9.17) is 0 Å². The minimum Gasteiger partial charge on any atom is -0.358 e. The SMILES string of the molecule is CCc1ccc([N+](=O)[O-])c(CC)c1.[CH3-].[Y]. The Labute approximate surface area is 116 Å². The third kappa shape index (κ3) is 4.39. The Morgan fingerprint density at radius 1 is 1.27 bits per heavy atom. The maximum atomic E-state index is 10.6. The first-order chi connectivity index (χ1) is 6.19. The van der Waals surface area contributed by atoms with Crippen LogP contribution in [-0.2, 0) is 45.6 Å². The van der Waals surface area contributed by atoms with Gasteiger partial charge >= 0.3 is 0 Å². The molecule has 0 bridgehead atoms. The number of rotatable bonds is 3. The fourth-order valence-electron chi connectivity index (χ4n) is 1.32. The molecule has 0 aliphatic carbocycles. The van der Waals surface area contributed by atoms with Crippen molar-refractivity contribution in [1.29, 1.82) is 0 Å². The van der Waals surface area contributed by atoms with E-state index >= 15 is 0 Å². The van der Waals surface area contributed by atoms with Gasteiger partial charge in [-0.1, -0.05) is 19.9 Å². The van der Waals surface area contributed by atoms with E-state index in [1.54, 1.807) is 6.07 Å². The molecule has 1 aromatic carbocycles. The summed E-state index contributed by atoms with van der Waals surface area (Å²) in [5.74, 6) is 0. The van der Waals surface area contributed by atoms with Crippen LogP contribution in [0.3, 0.4) is 0 Å². The van der Waals surface area contributed by atoms with Crippen molar-refractivity contribution in [3.05, 3.63) is 46.9 Å². The second-order valence-corrected chi connectivity index (χ2v) is 2.93. The Bertz CT molecular complexity index is 326. The molecule has 81 valence electrons. The molecule has 0 saturated heterocycles. The number of nitro benzene ring substituents is 1. The van der Waals surface area contributed by atoms with Gasteiger partial charge in [0.2, 0.25) is 0 Å². The van der Waals surface area contributed by atoms with E-state index in [9.17, 15) is 10.1 Å². The minimum absolute atomic E-state index is 0. The quantitative estimate of drug-likeness (QED) is 0.486. The molecule has 1 rings (SSSR count). The monoisotopic (exact) mass is 283 g/mol. The molecular weight excluding hydrogens is 267 g/mol. The molecule has 0 spiro atoms. The maximum Gasteiger partial charge on any atom is 0.272 e. The van der Waals surface area contributed by atoms with Crippen molar-refractivity contribution in [2.24, 2.45) is 0 Å². The van der Waals surface area contributed by atoms with E-state index < -0.39 is 0 Å². The van der Waals surface area contributed by atoms with Crippen LogP contribution in [0.5, 0.6) is 0 Å². The standard InChI is InChI=1S/C10H13NO2.CH3.Y/c1-3-8-5-6-10(11(12)13)9(4-2)7-8;;/h5-7H,3-4H2,1-2H3;1H3;/q;-1;. The van der Waals surface area contributed by atoms with Gasteiger partial charge in [-0.25, -0.2) is 0 Å². The Balaban J connectivity index is 0. The van der Waals surface area contributed by atoms with Gasteiger partial charge in [-0.2, -0.15) is 0 Å². The topological polar surface area (TPSA) is 43.1 Å². The van der Waals surface area contributed by atoms with Crippen LogP contribution in [-0.4, -0.2) is 4.92 Å². The fraction of sp³-hybridized carbons (Fsp3) is 0.364. The summed E-state index contributed by atoms with van der Waals surface area (Å²) in [5.41, 5.74) is 2.21. The molecule has 0 aromatic heterocycles.